The van der Waals surface area contributed by atoms with Gasteiger partial charge < -0.3 is 14.8 Å². The van der Waals surface area contributed by atoms with Crippen LogP contribution in [-0.4, -0.2) is 30.5 Å². The fourth-order valence-corrected chi connectivity index (χ4v) is 2.72. The van der Waals surface area contributed by atoms with E-state index in [0.717, 1.165) is 5.56 Å². The summed E-state index contributed by atoms with van der Waals surface area (Å²) in [5.41, 5.74) is 1.18. The monoisotopic (exact) mass is 417 g/mol. The van der Waals surface area contributed by atoms with E-state index in [1.54, 1.807) is 18.2 Å². The van der Waals surface area contributed by atoms with E-state index in [2.05, 4.69) is 5.32 Å². The molecular formula is C22H24ClNO5. The number of ether oxygens (including phenoxy) is 2. The van der Waals surface area contributed by atoms with Gasteiger partial charge in [-0.2, -0.15) is 0 Å². The van der Waals surface area contributed by atoms with Crippen molar-refractivity contribution >= 4 is 29.4 Å². The lowest BCUT2D eigenvalue weighted by Crippen LogP contribution is -2.46. The molecule has 2 aromatic carbocycles. The van der Waals surface area contributed by atoms with E-state index >= 15 is 0 Å². The summed E-state index contributed by atoms with van der Waals surface area (Å²) in [5.74, 6) is -1.27. The van der Waals surface area contributed by atoms with Crippen LogP contribution in [0.1, 0.15) is 36.2 Å². The predicted octanol–water partition coefficient (Wildman–Crippen LogP) is 4.41. The number of esters is 1. The molecule has 29 heavy (non-hydrogen) atoms. The average Bonchev–Trinajstić information content (AvgIpc) is 2.74. The van der Waals surface area contributed by atoms with Gasteiger partial charge in [-0.3, -0.25) is 4.79 Å². The van der Waals surface area contributed by atoms with E-state index in [4.69, 9.17) is 21.1 Å². The van der Waals surface area contributed by atoms with Crippen molar-refractivity contribution in [3.8, 4) is 0 Å². The highest BCUT2D eigenvalue weighted by Crippen LogP contribution is 2.13. The molecule has 0 saturated heterocycles. The first-order valence-electron chi connectivity index (χ1n) is 9.33. The van der Waals surface area contributed by atoms with Crippen LogP contribution >= 0.6 is 11.6 Å². The fraction of sp³-hybridized carbons (Fsp3) is 0.318. The molecule has 0 fully saturated rings. The minimum absolute atomic E-state index is 0.0855. The van der Waals surface area contributed by atoms with Gasteiger partial charge in [0.05, 0.1) is 0 Å². The lowest BCUT2D eigenvalue weighted by Gasteiger charge is -2.22. The van der Waals surface area contributed by atoms with Gasteiger partial charge in [0.25, 0.3) is 0 Å². The standard InChI is InChI=1S/C22H24ClNO5/c1-3-15(2)20(24-22(27)29-13-16-8-5-4-6-9-16)21(26)28-14-19(25)17-10-7-11-18(23)12-17/h4-12,15,20H,3,13-14H2,1-2H3,(H,24,27)/t15-,20+/m0/s1. The Hall–Kier alpha value is -2.86. The van der Waals surface area contributed by atoms with Crippen molar-refractivity contribution in [2.24, 2.45) is 5.92 Å². The van der Waals surface area contributed by atoms with Crippen LogP contribution in [0, 0.1) is 5.92 Å². The van der Waals surface area contributed by atoms with E-state index in [9.17, 15) is 14.4 Å². The highest BCUT2D eigenvalue weighted by molar-refractivity contribution is 6.31. The topological polar surface area (TPSA) is 81.7 Å². The van der Waals surface area contributed by atoms with Gasteiger partial charge in [0.2, 0.25) is 0 Å². The summed E-state index contributed by atoms with van der Waals surface area (Å²) in [4.78, 5) is 36.8. The molecule has 2 aromatic rings. The van der Waals surface area contributed by atoms with Gasteiger partial charge in [-0.05, 0) is 23.6 Å². The normalized spacial score (nSPS) is 12.5. The molecule has 0 aromatic heterocycles. The van der Waals surface area contributed by atoms with Crippen LogP contribution in [0.5, 0.6) is 0 Å². The number of amides is 1. The van der Waals surface area contributed by atoms with Crippen LogP contribution in [0.4, 0.5) is 4.79 Å². The quantitative estimate of drug-likeness (QED) is 0.482. The van der Waals surface area contributed by atoms with Gasteiger partial charge in [-0.15, -0.1) is 0 Å². The third-order valence-corrected chi connectivity index (χ3v) is 4.68. The molecule has 0 unspecified atom stereocenters. The number of benzene rings is 2. The maximum atomic E-state index is 12.5. The second-order valence-corrected chi connectivity index (χ2v) is 7.05. The van der Waals surface area contributed by atoms with Crippen LogP contribution in [0.25, 0.3) is 0 Å². The zero-order chi connectivity index (χ0) is 21.2. The summed E-state index contributed by atoms with van der Waals surface area (Å²) in [6, 6.07) is 14.7. The van der Waals surface area contributed by atoms with E-state index in [1.165, 1.54) is 6.07 Å². The minimum atomic E-state index is -0.921. The molecule has 0 aliphatic rings. The highest BCUT2D eigenvalue weighted by atomic mass is 35.5. The van der Waals surface area contributed by atoms with Crippen molar-refractivity contribution in [3.05, 3.63) is 70.7 Å². The molecule has 0 aliphatic heterocycles. The van der Waals surface area contributed by atoms with Crippen LogP contribution < -0.4 is 5.32 Å². The summed E-state index contributed by atoms with van der Waals surface area (Å²) in [6.45, 7) is 3.34. The maximum absolute atomic E-state index is 12.5. The predicted molar refractivity (Wildman–Crippen MR) is 110 cm³/mol. The molecule has 1 N–H and O–H groups in total. The lowest BCUT2D eigenvalue weighted by molar-refractivity contribution is -0.146. The van der Waals surface area contributed by atoms with Gasteiger partial charge in [-0.1, -0.05) is 74.3 Å². The number of rotatable bonds is 9. The molecule has 0 spiro atoms. The molecular weight excluding hydrogens is 394 g/mol. The third kappa shape index (κ3) is 7.23. The van der Waals surface area contributed by atoms with Gasteiger partial charge in [0.15, 0.2) is 12.4 Å². The molecule has 0 saturated carbocycles. The Morgan fingerprint density at radius 3 is 2.41 bits per heavy atom. The van der Waals surface area contributed by atoms with E-state index in [0.29, 0.717) is 17.0 Å². The number of carbonyl (C=O) groups excluding carboxylic acids is 3. The number of halogens is 1. The smallest absolute Gasteiger partial charge is 0.408 e. The van der Waals surface area contributed by atoms with Crippen LogP contribution in [-0.2, 0) is 20.9 Å². The number of Topliss-reactive ketones (excluding diaryl/α,β-unsaturated/α-hetero) is 1. The zero-order valence-electron chi connectivity index (χ0n) is 16.4. The molecule has 2 rings (SSSR count). The summed E-state index contributed by atoms with van der Waals surface area (Å²) in [7, 11) is 0. The Balaban J connectivity index is 1.91. The average molecular weight is 418 g/mol. The molecule has 0 heterocycles. The number of alkyl carbamates (subject to hydrolysis) is 1. The second kappa shape index (κ2) is 11.2. The summed E-state index contributed by atoms with van der Waals surface area (Å²) < 4.78 is 10.3. The molecule has 6 nitrogen and oxygen atoms in total. The van der Waals surface area contributed by atoms with Crippen molar-refractivity contribution in [2.75, 3.05) is 6.61 Å². The van der Waals surface area contributed by atoms with Gasteiger partial charge >= 0.3 is 12.1 Å². The Labute approximate surface area is 175 Å². The Bertz CT molecular complexity index is 840. The van der Waals surface area contributed by atoms with Crippen molar-refractivity contribution in [1.29, 1.82) is 0 Å². The molecule has 0 radical (unpaired) electrons. The largest absolute Gasteiger partial charge is 0.456 e. The van der Waals surface area contributed by atoms with E-state index in [-0.39, 0.29) is 18.3 Å². The number of hydrogen-bond acceptors (Lipinski definition) is 5. The molecule has 1 amide bonds. The first-order chi connectivity index (χ1) is 13.9. The van der Waals surface area contributed by atoms with Crippen molar-refractivity contribution in [2.45, 2.75) is 32.9 Å². The SMILES string of the molecule is CC[C@H](C)[C@@H](NC(=O)OCc1ccccc1)C(=O)OCC(=O)c1cccc(Cl)c1. The van der Waals surface area contributed by atoms with Gasteiger partial charge in [-0.25, -0.2) is 9.59 Å². The Morgan fingerprint density at radius 2 is 1.76 bits per heavy atom. The first kappa shape index (κ1) is 22.4. The number of carbonyl (C=O) groups is 3. The second-order valence-electron chi connectivity index (χ2n) is 6.61. The molecule has 154 valence electrons. The number of nitrogens with one attached hydrogen (secondary N) is 1. The van der Waals surface area contributed by atoms with Crippen LogP contribution in [0.2, 0.25) is 5.02 Å². The Kier molecular flexibility index (Phi) is 8.68. The summed E-state index contributed by atoms with van der Waals surface area (Å²) in [6.07, 6.45) is -0.0988. The van der Waals surface area contributed by atoms with Gasteiger partial charge in [0, 0.05) is 10.6 Å². The molecule has 0 bridgehead atoms. The van der Waals surface area contributed by atoms with E-state index < -0.39 is 24.7 Å². The molecule has 0 aliphatic carbocycles. The van der Waals surface area contributed by atoms with Crippen molar-refractivity contribution in [1.82, 2.24) is 5.32 Å². The maximum Gasteiger partial charge on any atom is 0.408 e. The van der Waals surface area contributed by atoms with Crippen LogP contribution in [0.15, 0.2) is 54.6 Å². The minimum Gasteiger partial charge on any atom is -0.456 e. The summed E-state index contributed by atoms with van der Waals surface area (Å²) in [5, 5.41) is 2.96. The zero-order valence-corrected chi connectivity index (χ0v) is 17.1. The number of hydrogen-bond donors (Lipinski definition) is 1. The lowest BCUT2D eigenvalue weighted by atomic mass is 9.99. The Morgan fingerprint density at radius 1 is 1.03 bits per heavy atom. The van der Waals surface area contributed by atoms with Gasteiger partial charge in [0.1, 0.15) is 12.6 Å². The highest BCUT2D eigenvalue weighted by Gasteiger charge is 2.28. The number of ketones is 1. The van der Waals surface area contributed by atoms with E-state index in [1.807, 2.05) is 44.2 Å². The summed E-state index contributed by atoms with van der Waals surface area (Å²) >= 11 is 5.87. The first-order valence-corrected chi connectivity index (χ1v) is 9.71. The van der Waals surface area contributed by atoms with Crippen LogP contribution in [0.3, 0.4) is 0 Å². The van der Waals surface area contributed by atoms with Crippen molar-refractivity contribution < 1.29 is 23.9 Å². The fourth-order valence-electron chi connectivity index (χ4n) is 2.53. The third-order valence-electron chi connectivity index (χ3n) is 4.45. The molecule has 2 atom stereocenters. The molecule has 7 heteroatoms. The van der Waals surface area contributed by atoms with Crippen molar-refractivity contribution in [3.63, 3.8) is 0 Å².